The molecule has 1 fully saturated rings. The summed E-state index contributed by atoms with van der Waals surface area (Å²) in [5, 5.41) is 0. The van der Waals surface area contributed by atoms with Gasteiger partial charge in [0.05, 0.1) is 18.8 Å². The Kier molecular flexibility index (Phi) is 4.87. The van der Waals surface area contributed by atoms with E-state index in [2.05, 4.69) is 39.0 Å². The molecule has 1 saturated heterocycles. The van der Waals surface area contributed by atoms with Crippen LogP contribution in [0.2, 0.25) is 0 Å². The van der Waals surface area contributed by atoms with Crippen molar-refractivity contribution in [3.05, 3.63) is 29.3 Å². The van der Waals surface area contributed by atoms with E-state index in [-0.39, 0.29) is 0 Å². The lowest BCUT2D eigenvalue weighted by atomic mass is 9.90. The van der Waals surface area contributed by atoms with Crippen LogP contribution in [0, 0.1) is 0 Å². The molecule has 0 spiro atoms. The van der Waals surface area contributed by atoms with Crippen molar-refractivity contribution in [1.29, 1.82) is 0 Å². The third kappa shape index (κ3) is 3.50. The van der Waals surface area contributed by atoms with Crippen LogP contribution < -0.4 is 4.74 Å². The van der Waals surface area contributed by atoms with E-state index in [9.17, 15) is 0 Å². The fraction of sp³-hybridized carbons (Fsp3) is 0.647. The van der Waals surface area contributed by atoms with Crippen LogP contribution in [0.25, 0.3) is 0 Å². The van der Waals surface area contributed by atoms with E-state index in [1.54, 1.807) is 0 Å². The Bertz CT molecular complexity index is 414. The van der Waals surface area contributed by atoms with Gasteiger partial charge in [-0.3, -0.25) is 0 Å². The van der Waals surface area contributed by atoms with Crippen molar-refractivity contribution in [3.63, 3.8) is 0 Å². The number of benzene rings is 1. The van der Waals surface area contributed by atoms with Crippen LogP contribution in [0.4, 0.5) is 0 Å². The molecule has 1 aliphatic rings. The van der Waals surface area contributed by atoms with Gasteiger partial charge in [-0.15, -0.1) is 0 Å². The summed E-state index contributed by atoms with van der Waals surface area (Å²) in [5.74, 6) is 1.55. The van der Waals surface area contributed by atoms with Gasteiger partial charge in [0.25, 0.3) is 0 Å². The van der Waals surface area contributed by atoms with Gasteiger partial charge in [-0.05, 0) is 55.4 Å². The highest BCUT2D eigenvalue weighted by Gasteiger charge is 2.37. The van der Waals surface area contributed by atoms with Crippen molar-refractivity contribution in [2.24, 2.45) is 0 Å². The van der Waals surface area contributed by atoms with Gasteiger partial charge >= 0.3 is 0 Å². The van der Waals surface area contributed by atoms with Crippen LogP contribution >= 0.6 is 0 Å². The molecule has 106 valence electrons. The molecule has 0 N–H and O–H groups in total. The zero-order chi connectivity index (χ0) is 13.8. The minimum Gasteiger partial charge on any atom is -0.494 e. The lowest BCUT2D eigenvalue weighted by molar-refractivity contribution is 0.339. The molecule has 0 radical (unpaired) electrons. The smallest absolute Gasteiger partial charge is 0.119 e. The lowest BCUT2D eigenvalue weighted by Crippen LogP contribution is -2.04. The first kappa shape index (κ1) is 14.4. The summed E-state index contributed by atoms with van der Waals surface area (Å²) < 4.78 is 11.3. The maximum absolute atomic E-state index is 5.67. The molecular formula is C17H26O2. The molecule has 2 nitrogen and oxygen atoms in total. The van der Waals surface area contributed by atoms with E-state index in [4.69, 9.17) is 9.47 Å². The van der Waals surface area contributed by atoms with E-state index >= 15 is 0 Å². The second-order valence-corrected chi connectivity index (χ2v) is 5.41. The van der Waals surface area contributed by atoms with E-state index in [0.29, 0.717) is 18.1 Å². The molecule has 1 heterocycles. The summed E-state index contributed by atoms with van der Waals surface area (Å²) in [6, 6.07) is 6.53. The second kappa shape index (κ2) is 6.42. The van der Waals surface area contributed by atoms with Gasteiger partial charge < -0.3 is 9.47 Å². The number of hydrogen-bond acceptors (Lipinski definition) is 2. The molecule has 1 aromatic carbocycles. The highest BCUT2D eigenvalue weighted by Crippen LogP contribution is 2.36. The molecule has 3 atom stereocenters. The Labute approximate surface area is 117 Å². The van der Waals surface area contributed by atoms with Gasteiger partial charge in [-0.1, -0.05) is 26.8 Å². The molecular weight excluding hydrogens is 236 g/mol. The molecule has 1 aromatic rings. The van der Waals surface area contributed by atoms with E-state index in [1.807, 2.05) is 6.92 Å². The second-order valence-electron chi connectivity index (χ2n) is 5.41. The van der Waals surface area contributed by atoms with Gasteiger partial charge in [-0.25, -0.2) is 0 Å². The van der Waals surface area contributed by atoms with Crippen LogP contribution in [0.3, 0.4) is 0 Å². The first-order valence-electron chi connectivity index (χ1n) is 7.60. The molecule has 0 aromatic heterocycles. The third-order valence-electron chi connectivity index (χ3n) is 4.01. The summed E-state index contributed by atoms with van der Waals surface area (Å²) in [7, 11) is 0. The van der Waals surface area contributed by atoms with Crippen LogP contribution in [0.5, 0.6) is 5.75 Å². The van der Waals surface area contributed by atoms with Gasteiger partial charge in [0, 0.05) is 0 Å². The topological polar surface area (TPSA) is 21.8 Å². The van der Waals surface area contributed by atoms with Crippen molar-refractivity contribution in [2.45, 2.75) is 65.1 Å². The van der Waals surface area contributed by atoms with E-state index in [1.165, 1.54) is 11.1 Å². The van der Waals surface area contributed by atoms with Crippen LogP contribution in [-0.2, 0) is 11.2 Å². The Morgan fingerprint density at radius 3 is 2.58 bits per heavy atom. The van der Waals surface area contributed by atoms with Gasteiger partial charge in [-0.2, -0.15) is 0 Å². The maximum atomic E-state index is 5.67. The Balaban J connectivity index is 2.05. The summed E-state index contributed by atoms with van der Waals surface area (Å²) in [6.45, 7) is 9.47. The highest BCUT2D eigenvalue weighted by molar-refractivity contribution is 5.37. The zero-order valence-corrected chi connectivity index (χ0v) is 12.6. The Morgan fingerprint density at radius 2 is 2.00 bits per heavy atom. The molecule has 0 aliphatic carbocycles. The van der Waals surface area contributed by atoms with Crippen LogP contribution in [0.15, 0.2) is 18.2 Å². The first-order valence-corrected chi connectivity index (χ1v) is 7.60. The average Bonchev–Trinajstić information content (AvgIpc) is 3.17. The fourth-order valence-corrected chi connectivity index (χ4v) is 2.85. The molecule has 1 aliphatic heterocycles. The van der Waals surface area contributed by atoms with Crippen molar-refractivity contribution in [1.82, 2.24) is 0 Å². The summed E-state index contributed by atoms with van der Waals surface area (Å²) in [4.78, 5) is 0. The molecule has 19 heavy (non-hydrogen) atoms. The minimum absolute atomic E-state index is 0.483. The minimum atomic E-state index is 0.483. The van der Waals surface area contributed by atoms with Crippen molar-refractivity contribution in [3.8, 4) is 5.75 Å². The lowest BCUT2D eigenvalue weighted by Gasteiger charge is -2.16. The van der Waals surface area contributed by atoms with E-state index in [0.717, 1.165) is 31.6 Å². The molecule has 0 bridgehead atoms. The Hall–Kier alpha value is -1.02. The molecule has 3 unspecified atom stereocenters. The van der Waals surface area contributed by atoms with Gasteiger partial charge in [0.15, 0.2) is 0 Å². The standard InChI is InChI=1S/C17H26O2/c1-5-13-11-14(18-7-3)8-9-15(13)12(4)10-17-16(6-2)19-17/h8-9,11-12,16-17H,5-7,10H2,1-4H3. The number of aryl methyl sites for hydroxylation is 1. The predicted molar refractivity (Wildman–Crippen MR) is 79.0 cm³/mol. The summed E-state index contributed by atoms with van der Waals surface area (Å²) in [5.41, 5.74) is 2.86. The number of hydrogen-bond donors (Lipinski definition) is 0. The van der Waals surface area contributed by atoms with Crippen LogP contribution in [0.1, 0.15) is 57.6 Å². The molecule has 2 heteroatoms. The van der Waals surface area contributed by atoms with E-state index < -0.39 is 0 Å². The quantitative estimate of drug-likeness (QED) is 0.683. The molecule has 2 rings (SSSR count). The third-order valence-corrected chi connectivity index (χ3v) is 4.01. The highest BCUT2D eigenvalue weighted by atomic mass is 16.6. The number of epoxide rings is 1. The SMILES string of the molecule is CCOc1ccc(C(C)CC2OC2CC)c(CC)c1. The Morgan fingerprint density at radius 1 is 1.21 bits per heavy atom. The van der Waals surface area contributed by atoms with Crippen molar-refractivity contribution >= 4 is 0 Å². The molecule has 0 saturated carbocycles. The van der Waals surface area contributed by atoms with Crippen molar-refractivity contribution in [2.75, 3.05) is 6.61 Å². The van der Waals surface area contributed by atoms with Gasteiger partial charge in [0.1, 0.15) is 5.75 Å². The number of ether oxygens (including phenoxy) is 2. The zero-order valence-electron chi connectivity index (χ0n) is 12.6. The monoisotopic (exact) mass is 262 g/mol. The summed E-state index contributed by atoms with van der Waals surface area (Å²) >= 11 is 0. The first-order chi connectivity index (χ1) is 9.19. The van der Waals surface area contributed by atoms with Crippen LogP contribution in [-0.4, -0.2) is 18.8 Å². The average molecular weight is 262 g/mol. The molecule has 0 amide bonds. The van der Waals surface area contributed by atoms with Crippen molar-refractivity contribution < 1.29 is 9.47 Å². The predicted octanol–water partition coefficient (Wildman–Crippen LogP) is 4.32. The normalized spacial score (nSPS) is 23.2. The summed E-state index contributed by atoms with van der Waals surface area (Å²) in [6.07, 6.45) is 4.33. The van der Waals surface area contributed by atoms with Gasteiger partial charge in [0.2, 0.25) is 0 Å². The largest absolute Gasteiger partial charge is 0.494 e. The number of rotatable bonds is 7. The maximum Gasteiger partial charge on any atom is 0.119 e. The fourth-order valence-electron chi connectivity index (χ4n) is 2.85.